The van der Waals surface area contributed by atoms with Gasteiger partial charge in [-0.25, -0.2) is 8.42 Å². The summed E-state index contributed by atoms with van der Waals surface area (Å²) in [6, 6.07) is 4.87. The lowest BCUT2D eigenvalue weighted by Crippen LogP contribution is -2.25. The summed E-state index contributed by atoms with van der Waals surface area (Å²) in [6.07, 6.45) is 0.658. The Kier molecular flexibility index (Phi) is 2.52. The molecule has 1 aromatic rings. The Labute approximate surface area is 93.7 Å². The molecule has 0 unspecified atom stereocenters. The van der Waals surface area contributed by atoms with Gasteiger partial charge in [-0.15, -0.1) is 0 Å². The molecule has 1 saturated heterocycles. The van der Waals surface area contributed by atoms with Crippen molar-refractivity contribution >= 4 is 33.0 Å². The molecule has 4 nitrogen and oxygen atoms in total. The topological polar surface area (TPSA) is 63.4 Å². The predicted octanol–water partition coefficient (Wildman–Crippen LogP) is 1.46. The minimum atomic E-state index is -3.14. The maximum atomic E-state index is 11.6. The number of nitrogen functional groups attached to an aromatic ring is 1. The lowest BCUT2D eigenvalue weighted by atomic mass is 10.3. The van der Waals surface area contributed by atoms with Gasteiger partial charge < -0.3 is 5.73 Å². The fourth-order valence-electron chi connectivity index (χ4n) is 1.62. The molecule has 1 aliphatic rings. The molecule has 0 saturated carbocycles. The van der Waals surface area contributed by atoms with Crippen molar-refractivity contribution in [1.29, 1.82) is 0 Å². The smallest absolute Gasteiger partial charge is 0.235 e. The summed E-state index contributed by atoms with van der Waals surface area (Å²) in [7, 11) is -3.14. The Bertz CT molecular complexity index is 487. The Morgan fingerprint density at radius 1 is 1.40 bits per heavy atom. The van der Waals surface area contributed by atoms with Crippen molar-refractivity contribution in [2.24, 2.45) is 0 Å². The van der Waals surface area contributed by atoms with E-state index in [0.717, 1.165) is 0 Å². The van der Waals surface area contributed by atoms with Crippen LogP contribution in [0.1, 0.15) is 6.42 Å². The second-order valence-electron chi connectivity index (χ2n) is 3.45. The van der Waals surface area contributed by atoms with E-state index in [1.165, 1.54) is 4.31 Å². The number of anilines is 2. The zero-order chi connectivity index (χ0) is 11.1. The Balaban J connectivity index is 2.42. The first-order valence-electron chi connectivity index (χ1n) is 4.56. The van der Waals surface area contributed by atoms with Crippen molar-refractivity contribution in [2.75, 3.05) is 22.3 Å². The van der Waals surface area contributed by atoms with Crippen LogP contribution < -0.4 is 10.0 Å². The van der Waals surface area contributed by atoms with Gasteiger partial charge >= 0.3 is 0 Å². The molecule has 0 radical (unpaired) electrons. The van der Waals surface area contributed by atoms with Crippen LogP contribution in [0.15, 0.2) is 18.2 Å². The van der Waals surface area contributed by atoms with Gasteiger partial charge in [0.05, 0.1) is 22.2 Å². The standard InChI is InChI=1S/C9H11ClN2O2S/c10-8-3-2-7(6-9(8)11)12-4-1-5-15(12,13)14/h2-3,6H,1,4-5,11H2. The Morgan fingerprint density at radius 3 is 2.67 bits per heavy atom. The normalized spacial score (nSPS) is 19.4. The minimum absolute atomic E-state index is 0.204. The molecule has 0 spiro atoms. The molecule has 0 aliphatic carbocycles. The first kappa shape index (κ1) is 10.6. The van der Waals surface area contributed by atoms with Gasteiger partial charge in [-0.3, -0.25) is 4.31 Å². The monoisotopic (exact) mass is 246 g/mol. The van der Waals surface area contributed by atoms with E-state index in [1.54, 1.807) is 18.2 Å². The fourth-order valence-corrected chi connectivity index (χ4v) is 3.29. The molecule has 82 valence electrons. The number of nitrogens with zero attached hydrogens (tertiary/aromatic N) is 1. The van der Waals surface area contributed by atoms with E-state index in [0.29, 0.717) is 29.4 Å². The molecule has 0 atom stereocenters. The van der Waals surface area contributed by atoms with Gasteiger partial charge in [0.15, 0.2) is 0 Å². The van der Waals surface area contributed by atoms with Crippen LogP contribution in [0.2, 0.25) is 5.02 Å². The third-order valence-corrected chi connectivity index (χ3v) is 4.58. The van der Waals surface area contributed by atoms with Crippen molar-refractivity contribution in [1.82, 2.24) is 0 Å². The number of hydrogen-bond donors (Lipinski definition) is 1. The molecule has 0 bridgehead atoms. The second-order valence-corrected chi connectivity index (χ2v) is 5.87. The van der Waals surface area contributed by atoms with Crippen molar-refractivity contribution in [3.8, 4) is 0 Å². The first-order valence-corrected chi connectivity index (χ1v) is 6.55. The highest BCUT2D eigenvalue weighted by Crippen LogP contribution is 2.29. The number of sulfonamides is 1. The van der Waals surface area contributed by atoms with Gasteiger partial charge in [0.1, 0.15) is 0 Å². The second kappa shape index (κ2) is 3.57. The maximum absolute atomic E-state index is 11.6. The van der Waals surface area contributed by atoms with Crippen LogP contribution in [0.25, 0.3) is 0 Å². The van der Waals surface area contributed by atoms with Crippen molar-refractivity contribution in [3.63, 3.8) is 0 Å². The van der Waals surface area contributed by atoms with Crippen LogP contribution >= 0.6 is 11.6 Å². The summed E-state index contributed by atoms with van der Waals surface area (Å²) >= 11 is 5.77. The summed E-state index contributed by atoms with van der Waals surface area (Å²) in [4.78, 5) is 0. The molecule has 1 aromatic carbocycles. The number of halogens is 1. The zero-order valence-electron chi connectivity index (χ0n) is 7.98. The van der Waals surface area contributed by atoms with Gasteiger partial charge in [0, 0.05) is 6.54 Å². The lowest BCUT2D eigenvalue weighted by molar-refractivity contribution is 0.599. The molecular formula is C9H11ClN2O2S. The lowest BCUT2D eigenvalue weighted by Gasteiger charge is -2.17. The molecule has 0 aromatic heterocycles. The van der Waals surface area contributed by atoms with E-state index in [1.807, 2.05) is 0 Å². The molecule has 1 aliphatic heterocycles. The van der Waals surface area contributed by atoms with Crippen LogP contribution in [0, 0.1) is 0 Å². The van der Waals surface area contributed by atoms with Crippen LogP contribution in [-0.2, 0) is 10.0 Å². The van der Waals surface area contributed by atoms with Crippen molar-refractivity contribution in [2.45, 2.75) is 6.42 Å². The van der Waals surface area contributed by atoms with Crippen LogP contribution in [0.5, 0.6) is 0 Å². The first-order chi connectivity index (χ1) is 7.00. The largest absolute Gasteiger partial charge is 0.397 e. The third kappa shape index (κ3) is 1.89. The molecule has 2 N–H and O–H groups in total. The van der Waals surface area contributed by atoms with E-state index in [9.17, 15) is 8.42 Å². The molecule has 1 heterocycles. The van der Waals surface area contributed by atoms with Crippen molar-refractivity contribution in [3.05, 3.63) is 23.2 Å². The van der Waals surface area contributed by atoms with Gasteiger partial charge in [-0.1, -0.05) is 11.6 Å². The Morgan fingerprint density at radius 2 is 2.13 bits per heavy atom. The van der Waals surface area contributed by atoms with Crippen molar-refractivity contribution < 1.29 is 8.42 Å². The quantitative estimate of drug-likeness (QED) is 0.763. The van der Waals surface area contributed by atoms with E-state index in [2.05, 4.69) is 0 Å². The van der Waals surface area contributed by atoms with Gasteiger partial charge in [0.2, 0.25) is 10.0 Å². The van der Waals surface area contributed by atoms with Crippen LogP contribution in [-0.4, -0.2) is 20.7 Å². The zero-order valence-corrected chi connectivity index (χ0v) is 9.55. The molecule has 6 heteroatoms. The van der Waals surface area contributed by atoms with Crippen LogP contribution in [0.4, 0.5) is 11.4 Å². The van der Waals surface area contributed by atoms with E-state index in [-0.39, 0.29) is 5.75 Å². The van der Waals surface area contributed by atoms with Crippen LogP contribution in [0.3, 0.4) is 0 Å². The number of nitrogens with two attached hydrogens (primary N) is 1. The number of benzene rings is 1. The summed E-state index contributed by atoms with van der Waals surface area (Å²) in [5.41, 5.74) is 6.61. The predicted molar refractivity (Wildman–Crippen MR) is 61.6 cm³/mol. The van der Waals surface area contributed by atoms with Gasteiger partial charge in [0.25, 0.3) is 0 Å². The third-order valence-electron chi connectivity index (χ3n) is 2.37. The highest BCUT2D eigenvalue weighted by molar-refractivity contribution is 7.93. The minimum Gasteiger partial charge on any atom is -0.397 e. The maximum Gasteiger partial charge on any atom is 0.235 e. The summed E-state index contributed by atoms with van der Waals surface area (Å²) in [5.74, 6) is 0.204. The highest BCUT2D eigenvalue weighted by Gasteiger charge is 2.28. The van der Waals surface area contributed by atoms with Gasteiger partial charge in [-0.2, -0.15) is 0 Å². The SMILES string of the molecule is Nc1cc(N2CCCS2(=O)=O)ccc1Cl. The molecule has 1 fully saturated rings. The fraction of sp³-hybridized carbons (Fsp3) is 0.333. The average Bonchev–Trinajstić information content (AvgIpc) is 2.50. The number of rotatable bonds is 1. The summed E-state index contributed by atoms with van der Waals surface area (Å²) in [6.45, 7) is 0.517. The molecular weight excluding hydrogens is 236 g/mol. The van der Waals surface area contributed by atoms with E-state index >= 15 is 0 Å². The average molecular weight is 247 g/mol. The summed E-state index contributed by atoms with van der Waals surface area (Å²) in [5, 5.41) is 0.440. The van der Waals surface area contributed by atoms with Gasteiger partial charge in [-0.05, 0) is 24.6 Å². The summed E-state index contributed by atoms with van der Waals surface area (Å²) < 4.78 is 24.6. The van der Waals surface area contributed by atoms with E-state index in [4.69, 9.17) is 17.3 Å². The number of hydrogen-bond acceptors (Lipinski definition) is 3. The van der Waals surface area contributed by atoms with E-state index < -0.39 is 10.0 Å². The molecule has 15 heavy (non-hydrogen) atoms. The molecule has 2 rings (SSSR count). The highest BCUT2D eigenvalue weighted by atomic mass is 35.5. The molecule has 0 amide bonds. The Hall–Kier alpha value is -0.940.